The normalized spacial score (nSPS) is 23.3. The lowest BCUT2D eigenvalue weighted by Gasteiger charge is -2.30. The second-order valence-electron chi connectivity index (χ2n) is 6.42. The molecule has 0 radical (unpaired) electrons. The van der Waals surface area contributed by atoms with E-state index in [1.54, 1.807) is 11.7 Å². The third-order valence-electron chi connectivity index (χ3n) is 4.53. The van der Waals surface area contributed by atoms with Crippen molar-refractivity contribution in [3.05, 3.63) is 16.3 Å². The molecule has 1 unspecified atom stereocenters. The van der Waals surface area contributed by atoms with E-state index in [-0.39, 0.29) is 17.6 Å². The van der Waals surface area contributed by atoms with Crippen molar-refractivity contribution < 1.29 is 13.2 Å². The van der Waals surface area contributed by atoms with Gasteiger partial charge >= 0.3 is 5.69 Å². The van der Waals surface area contributed by atoms with Gasteiger partial charge in [-0.2, -0.15) is 5.10 Å². The monoisotopic (exact) mass is 344 g/mol. The lowest BCUT2D eigenvalue weighted by atomic mass is 9.99. The van der Waals surface area contributed by atoms with Gasteiger partial charge in [0.1, 0.15) is 5.82 Å². The largest absolute Gasteiger partial charge is 0.383 e. The number of aromatic nitrogens is 3. The number of sulfonamides is 1. The highest BCUT2D eigenvalue weighted by Gasteiger charge is 2.35. The lowest BCUT2D eigenvalue weighted by molar-refractivity contribution is 0.182. The predicted molar refractivity (Wildman–Crippen MR) is 85.0 cm³/mol. The molecule has 1 aliphatic heterocycles. The van der Waals surface area contributed by atoms with Crippen molar-refractivity contribution in [1.29, 1.82) is 0 Å². The van der Waals surface area contributed by atoms with Gasteiger partial charge in [0.25, 0.3) is 0 Å². The van der Waals surface area contributed by atoms with Gasteiger partial charge < -0.3 is 4.74 Å². The van der Waals surface area contributed by atoms with E-state index in [1.807, 2.05) is 0 Å². The molecular formula is C14H24N4O4S. The molecule has 2 heterocycles. The first-order valence-corrected chi connectivity index (χ1v) is 9.90. The fourth-order valence-electron chi connectivity index (χ4n) is 3.17. The SMILES string of the molecule is COCCn1nc(C2CCCN(S(C)(=O)=O)C2)n(C2CC2)c1=O. The average Bonchev–Trinajstić information content (AvgIpc) is 3.29. The van der Waals surface area contributed by atoms with Crippen molar-refractivity contribution in [2.45, 2.75) is 44.2 Å². The molecule has 2 aliphatic rings. The summed E-state index contributed by atoms with van der Waals surface area (Å²) in [5, 5.41) is 4.51. The van der Waals surface area contributed by atoms with Crippen LogP contribution in [0.3, 0.4) is 0 Å². The minimum atomic E-state index is -3.21. The van der Waals surface area contributed by atoms with Gasteiger partial charge in [-0.15, -0.1) is 0 Å². The van der Waals surface area contributed by atoms with E-state index in [0.717, 1.165) is 31.5 Å². The van der Waals surface area contributed by atoms with Crippen LogP contribution in [0.4, 0.5) is 0 Å². The molecule has 1 aromatic heterocycles. The Morgan fingerprint density at radius 1 is 1.30 bits per heavy atom. The zero-order valence-electron chi connectivity index (χ0n) is 13.6. The van der Waals surface area contributed by atoms with Gasteiger partial charge in [0.2, 0.25) is 10.0 Å². The summed E-state index contributed by atoms with van der Waals surface area (Å²) < 4.78 is 33.4. The maximum absolute atomic E-state index is 12.6. The summed E-state index contributed by atoms with van der Waals surface area (Å²) >= 11 is 0. The molecule has 1 saturated heterocycles. The molecule has 2 fully saturated rings. The van der Waals surface area contributed by atoms with Gasteiger partial charge in [0, 0.05) is 32.2 Å². The Balaban J connectivity index is 1.90. The Morgan fingerprint density at radius 2 is 2.04 bits per heavy atom. The Kier molecular flexibility index (Phi) is 4.61. The second kappa shape index (κ2) is 6.37. The molecule has 1 atom stereocenters. The fourth-order valence-corrected chi connectivity index (χ4v) is 4.08. The number of methoxy groups -OCH3 is 1. The molecule has 23 heavy (non-hydrogen) atoms. The van der Waals surface area contributed by atoms with Crippen LogP contribution in [0.5, 0.6) is 0 Å². The Labute approximate surface area is 136 Å². The number of hydrogen-bond donors (Lipinski definition) is 0. The molecule has 0 bridgehead atoms. The molecule has 1 aromatic rings. The number of nitrogens with zero attached hydrogens (tertiary/aromatic N) is 4. The topological polar surface area (TPSA) is 86.4 Å². The zero-order valence-corrected chi connectivity index (χ0v) is 14.5. The van der Waals surface area contributed by atoms with Crippen molar-refractivity contribution >= 4 is 10.0 Å². The van der Waals surface area contributed by atoms with E-state index in [4.69, 9.17) is 4.74 Å². The molecule has 1 saturated carbocycles. The second-order valence-corrected chi connectivity index (χ2v) is 8.40. The smallest absolute Gasteiger partial charge is 0.346 e. The first kappa shape index (κ1) is 16.7. The van der Waals surface area contributed by atoms with Crippen LogP contribution < -0.4 is 5.69 Å². The van der Waals surface area contributed by atoms with Crippen LogP contribution >= 0.6 is 0 Å². The number of ether oxygens (including phenoxy) is 1. The van der Waals surface area contributed by atoms with Crippen LogP contribution in [0.1, 0.15) is 43.5 Å². The summed E-state index contributed by atoms with van der Waals surface area (Å²) in [6, 6.07) is 0.224. The van der Waals surface area contributed by atoms with Gasteiger partial charge in [-0.3, -0.25) is 4.57 Å². The molecule has 8 nitrogen and oxygen atoms in total. The fraction of sp³-hybridized carbons (Fsp3) is 0.857. The summed E-state index contributed by atoms with van der Waals surface area (Å²) in [7, 11) is -1.62. The molecule has 130 valence electrons. The Bertz CT molecular complexity index is 720. The van der Waals surface area contributed by atoms with Gasteiger partial charge in [-0.25, -0.2) is 22.2 Å². The van der Waals surface area contributed by atoms with Crippen LogP contribution in [0.15, 0.2) is 4.79 Å². The molecule has 9 heteroatoms. The minimum absolute atomic E-state index is 0.0180. The molecule has 1 aliphatic carbocycles. The highest BCUT2D eigenvalue weighted by atomic mass is 32.2. The molecular weight excluding hydrogens is 320 g/mol. The summed E-state index contributed by atoms with van der Waals surface area (Å²) in [4.78, 5) is 12.6. The van der Waals surface area contributed by atoms with Crippen molar-refractivity contribution in [3.8, 4) is 0 Å². The molecule has 0 spiro atoms. The molecule has 0 aromatic carbocycles. The third-order valence-corrected chi connectivity index (χ3v) is 5.80. The van der Waals surface area contributed by atoms with Crippen LogP contribution in [-0.2, 0) is 21.3 Å². The summed E-state index contributed by atoms with van der Waals surface area (Å²) in [6.45, 7) is 1.81. The molecule has 3 rings (SSSR count). The first-order chi connectivity index (χ1) is 10.9. The Hall–Kier alpha value is -1.19. The van der Waals surface area contributed by atoms with Crippen molar-refractivity contribution in [2.24, 2.45) is 0 Å². The highest BCUT2D eigenvalue weighted by Crippen LogP contribution is 2.37. The zero-order chi connectivity index (χ0) is 16.6. The van der Waals surface area contributed by atoms with Crippen LogP contribution in [0.2, 0.25) is 0 Å². The van der Waals surface area contributed by atoms with Crippen molar-refractivity contribution in [3.63, 3.8) is 0 Å². The number of rotatable bonds is 6. The van der Waals surface area contributed by atoms with Gasteiger partial charge in [0.15, 0.2) is 0 Å². The summed E-state index contributed by atoms with van der Waals surface area (Å²) in [5.41, 5.74) is -0.101. The average molecular weight is 344 g/mol. The van der Waals surface area contributed by atoms with E-state index in [9.17, 15) is 13.2 Å². The van der Waals surface area contributed by atoms with E-state index in [0.29, 0.717) is 26.2 Å². The van der Waals surface area contributed by atoms with Crippen molar-refractivity contribution in [2.75, 3.05) is 33.1 Å². The summed E-state index contributed by atoms with van der Waals surface area (Å²) in [6.07, 6.45) is 4.87. The van der Waals surface area contributed by atoms with Crippen LogP contribution in [-0.4, -0.2) is 60.1 Å². The van der Waals surface area contributed by atoms with E-state index < -0.39 is 10.0 Å². The van der Waals surface area contributed by atoms with E-state index in [2.05, 4.69) is 5.10 Å². The third kappa shape index (κ3) is 3.51. The Morgan fingerprint density at radius 3 is 2.65 bits per heavy atom. The van der Waals surface area contributed by atoms with E-state index in [1.165, 1.54) is 15.2 Å². The van der Waals surface area contributed by atoms with Gasteiger partial charge in [-0.1, -0.05) is 0 Å². The van der Waals surface area contributed by atoms with Crippen molar-refractivity contribution in [1.82, 2.24) is 18.7 Å². The van der Waals surface area contributed by atoms with Gasteiger partial charge in [-0.05, 0) is 25.7 Å². The lowest BCUT2D eigenvalue weighted by Crippen LogP contribution is -2.39. The standard InChI is InChI=1S/C14H24N4O4S/c1-22-9-8-17-14(19)18(12-5-6-12)13(15-17)11-4-3-7-16(10-11)23(2,20)21/h11-12H,3-10H2,1-2H3. The highest BCUT2D eigenvalue weighted by molar-refractivity contribution is 7.88. The van der Waals surface area contributed by atoms with Crippen LogP contribution in [0, 0.1) is 0 Å². The molecule has 0 amide bonds. The first-order valence-electron chi connectivity index (χ1n) is 8.05. The predicted octanol–water partition coefficient (Wildman–Crippen LogP) is 0.165. The summed E-state index contributed by atoms with van der Waals surface area (Å²) in [5.74, 6) is 0.720. The quantitative estimate of drug-likeness (QED) is 0.734. The molecule has 0 N–H and O–H groups in total. The van der Waals surface area contributed by atoms with E-state index >= 15 is 0 Å². The van der Waals surface area contributed by atoms with Crippen LogP contribution in [0.25, 0.3) is 0 Å². The maximum Gasteiger partial charge on any atom is 0.346 e. The number of hydrogen-bond acceptors (Lipinski definition) is 5. The maximum atomic E-state index is 12.6. The number of piperidine rings is 1. The minimum Gasteiger partial charge on any atom is -0.383 e. The van der Waals surface area contributed by atoms with Gasteiger partial charge in [0.05, 0.1) is 19.4 Å².